The van der Waals surface area contributed by atoms with Gasteiger partial charge in [0.15, 0.2) is 5.65 Å². The molecule has 1 fully saturated rings. The molecule has 5 aromatic heterocycles. The number of aryl methyl sites for hydroxylation is 4. The SMILES string of the molecule is BC1(B)OC(B)(B)C(B)(B)N(CCCOc2cc(C(N)=O)cc3nc(NC(=O)c4cc(C)nn4CC)n(C/C=C/Cn4c(NC(=O)c5cc(C)nn5CC)nc5cc(C(N)=O)cnc54)c23)C1(B)B. The molecule has 28 heteroatoms. The Morgan fingerprint density at radius 3 is 1.75 bits per heavy atom. The summed E-state index contributed by atoms with van der Waals surface area (Å²) in [5, 5.41) is 13.2. The minimum Gasteiger partial charge on any atom is -0.491 e. The fraction of sp³-hybridized carbons (Fsp3) is 0.375. The summed E-state index contributed by atoms with van der Waals surface area (Å²) in [5.41, 5.74) is 15.5. The van der Waals surface area contributed by atoms with Crippen LogP contribution in [0.4, 0.5) is 11.9 Å². The van der Waals surface area contributed by atoms with Gasteiger partial charge in [-0.25, -0.2) is 15.0 Å². The number of morpholine rings is 1. The summed E-state index contributed by atoms with van der Waals surface area (Å²) in [6.07, 6.45) is 5.70. The molecule has 0 radical (unpaired) electrons. The molecule has 20 nitrogen and oxygen atoms in total. The second-order valence-electron chi connectivity index (χ2n) is 19.2. The van der Waals surface area contributed by atoms with Gasteiger partial charge < -0.3 is 30.4 Å². The van der Waals surface area contributed by atoms with Gasteiger partial charge in [0.1, 0.15) is 90.9 Å². The van der Waals surface area contributed by atoms with Crippen molar-refractivity contribution in [1.82, 2.24) is 48.5 Å². The molecule has 1 saturated heterocycles. The number of carbonyl (C=O) groups is 4. The van der Waals surface area contributed by atoms with E-state index < -0.39 is 34.4 Å². The molecule has 346 valence electrons. The molecule has 1 aliphatic rings. The Balaban J connectivity index is 1.24. The number of pyridine rings is 1. The summed E-state index contributed by atoms with van der Waals surface area (Å²) in [5.74, 6) is -1.47. The van der Waals surface area contributed by atoms with Gasteiger partial charge in [0, 0.05) is 48.7 Å². The van der Waals surface area contributed by atoms with Crippen molar-refractivity contribution in [3.63, 3.8) is 0 Å². The Kier molecular flexibility index (Phi) is 13.5. The number of imidazole rings is 2. The molecule has 7 rings (SSSR count). The molecule has 1 aliphatic heterocycles. The Hall–Kier alpha value is -6.41. The predicted molar refractivity (Wildman–Crippen MR) is 282 cm³/mol. The van der Waals surface area contributed by atoms with Gasteiger partial charge in [0.25, 0.3) is 11.8 Å². The molecule has 0 unspecified atom stereocenters. The highest BCUT2D eigenvalue weighted by molar-refractivity contribution is 6.59. The zero-order valence-electron chi connectivity index (χ0n) is 41.1. The maximum atomic E-state index is 14.0. The zero-order chi connectivity index (χ0) is 49.7. The molecule has 6 heterocycles. The number of anilines is 2. The number of carbonyl (C=O) groups excluding carboxylic acids is 4. The van der Waals surface area contributed by atoms with Crippen molar-refractivity contribution in [2.45, 2.75) is 81.8 Å². The van der Waals surface area contributed by atoms with Crippen molar-refractivity contribution in [3.8, 4) is 5.75 Å². The molecule has 4 amide bonds. The first-order chi connectivity index (χ1) is 31.9. The number of ether oxygens (including phenoxy) is 2. The first-order valence-electron chi connectivity index (χ1n) is 22.9. The lowest BCUT2D eigenvalue weighted by molar-refractivity contribution is -0.112. The lowest BCUT2D eigenvalue weighted by atomic mass is 9.30. The van der Waals surface area contributed by atoms with Crippen molar-refractivity contribution < 1.29 is 28.7 Å². The van der Waals surface area contributed by atoms with Gasteiger partial charge in [-0.2, -0.15) is 10.2 Å². The van der Waals surface area contributed by atoms with Crippen LogP contribution in [0.3, 0.4) is 0 Å². The number of nitrogens with zero attached hydrogens (tertiary/aromatic N) is 10. The van der Waals surface area contributed by atoms with Crippen molar-refractivity contribution >= 4 is 120 Å². The largest absolute Gasteiger partial charge is 0.491 e. The number of aromatic nitrogens is 9. The monoisotopic (exact) mass is 917 g/mol. The maximum Gasteiger partial charge on any atom is 0.276 e. The molecule has 6 N–H and O–H groups in total. The summed E-state index contributed by atoms with van der Waals surface area (Å²) in [4.78, 5) is 68.9. The Morgan fingerprint density at radius 1 is 0.721 bits per heavy atom. The van der Waals surface area contributed by atoms with Crippen LogP contribution in [0.2, 0.25) is 0 Å². The van der Waals surface area contributed by atoms with Gasteiger partial charge in [-0.15, -0.1) is 0 Å². The van der Waals surface area contributed by atoms with Gasteiger partial charge in [-0.1, -0.05) is 12.2 Å². The average molecular weight is 915 g/mol. The summed E-state index contributed by atoms with van der Waals surface area (Å²) in [7, 11) is 17.3. The van der Waals surface area contributed by atoms with Gasteiger partial charge in [-0.3, -0.25) is 43.7 Å². The number of hydrogen-bond donors (Lipinski definition) is 4. The van der Waals surface area contributed by atoms with E-state index in [9.17, 15) is 19.2 Å². The van der Waals surface area contributed by atoms with Crippen LogP contribution >= 0.6 is 0 Å². The van der Waals surface area contributed by atoms with Crippen molar-refractivity contribution in [2.24, 2.45) is 11.5 Å². The van der Waals surface area contributed by atoms with E-state index in [-0.39, 0.29) is 53.4 Å². The number of fused-ring (bicyclic) bond motifs is 2. The quantitative estimate of drug-likeness (QED) is 0.0381. The lowest BCUT2D eigenvalue weighted by Gasteiger charge is -2.68. The van der Waals surface area contributed by atoms with Crippen LogP contribution in [0, 0.1) is 13.8 Å². The van der Waals surface area contributed by atoms with Crippen LogP contribution in [0.25, 0.3) is 22.2 Å². The van der Waals surface area contributed by atoms with Crippen LogP contribution in [0.5, 0.6) is 5.75 Å². The predicted octanol–water partition coefficient (Wildman–Crippen LogP) is -5.43. The maximum absolute atomic E-state index is 14.0. The molecular weight excluding hydrogens is 859 g/mol. The van der Waals surface area contributed by atoms with E-state index in [1.807, 2.05) is 32.9 Å². The number of rotatable bonds is 17. The molecule has 0 spiro atoms. The standard InChI is InChI=1S/C40H56B8N14O6/c1-5-60-26(14-20(3)56-60)33(65)54-35-52-24-16-22(30(49)63)18-28(67-13-9-12-62-37(41,42)39(45,46)68-40(47,48)38(62,43)44)29(24)58(35)10-7-8-11-59-32-25(17-23(19-51-32)31(50)64)53-36(59)55-34(66)27-15-21(4)57-61(27)6-2/h7-8,14-19H,5-6,9-13,41-48H2,1-4H3,(H2,49,63)(H2,50,64)(H,52,54,65)(H,53,55,66)/b8-7+. The molecule has 0 aliphatic carbocycles. The van der Waals surface area contributed by atoms with E-state index in [0.717, 1.165) is 0 Å². The van der Waals surface area contributed by atoms with Crippen LogP contribution in [-0.4, -0.2) is 170 Å². The molecule has 0 bridgehead atoms. The van der Waals surface area contributed by atoms with Gasteiger partial charge in [0.2, 0.25) is 23.7 Å². The van der Waals surface area contributed by atoms with Crippen LogP contribution in [0.1, 0.15) is 73.3 Å². The van der Waals surface area contributed by atoms with Crippen molar-refractivity contribution in [1.29, 1.82) is 0 Å². The third kappa shape index (κ3) is 9.26. The van der Waals surface area contributed by atoms with Crippen molar-refractivity contribution in [3.05, 3.63) is 82.6 Å². The normalized spacial score (nSPS) is 16.3. The Morgan fingerprint density at radius 2 is 1.22 bits per heavy atom. The third-order valence-electron chi connectivity index (χ3n) is 13.6. The summed E-state index contributed by atoms with van der Waals surface area (Å²) in [6, 6.07) is 8.09. The lowest BCUT2D eigenvalue weighted by Crippen LogP contribution is -2.85. The zero-order valence-corrected chi connectivity index (χ0v) is 41.1. The highest BCUT2D eigenvalue weighted by Gasteiger charge is 2.58. The third-order valence-corrected chi connectivity index (χ3v) is 13.6. The van der Waals surface area contributed by atoms with E-state index in [4.69, 9.17) is 25.9 Å². The number of amides is 4. The summed E-state index contributed by atoms with van der Waals surface area (Å²) in [6.45, 7) is 9.65. The van der Waals surface area contributed by atoms with E-state index >= 15 is 0 Å². The highest BCUT2D eigenvalue weighted by Crippen LogP contribution is 2.40. The number of hydrogen-bond acceptors (Lipinski definition) is 12. The van der Waals surface area contributed by atoms with E-state index in [2.05, 4.69) is 98.5 Å². The number of allylic oxidation sites excluding steroid dienone is 2. The first-order valence-corrected chi connectivity index (χ1v) is 22.9. The minimum atomic E-state index is -0.670. The van der Waals surface area contributed by atoms with Crippen molar-refractivity contribution in [2.75, 3.05) is 23.8 Å². The molecular formula is C40H56B8N14O6. The minimum absolute atomic E-state index is 0.160. The van der Waals surface area contributed by atoms with E-state index in [1.54, 1.807) is 49.7 Å². The fourth-order valence-electron chi connectivity index (χ4n) is 9.00. The molecule has 68 heavy (non-hydrogen) atoms. The smallest absolute Gasteiger partial charge is 0.276 e. The van der Waals surface area contributed by atoms with Crippen LogP contribution < -0.4 is 26.8 Å². The van der Waals surface area contributed by atoms with Gasteiger partial charge in [-0.05, 0) is 81.7 Å². The Labute approximate surface area is 401 Å². The molecule has 0 saturated carbocycles. The van der Waals surface area contributed by atoms with Crippen LogP contribution in [0.15, 0.2) is 48.7 Å². The fourth-order valence-corrected chi connectivity index (χ4v) is 9.00. The second-order valence-corrected chi connectivity index (χ2v) is 19.2. The topological polar surface area (TPSA) is 250 Å². The van der Waals surface area contributed by atoms with Crippen LogP contribution in [-0.2, 0) is 30.9 Å². The number of primary amides is 2. The number of nitrogens with two attached hydrogens (primary N) is 2. The van der Waals surface area contributed by atoms with E-state index in [0.29, 0.717) is 76.8 Å². The summed E-state index contributed by atoms with van der Waals surface area (Å²) >= 11 is 0. The molecule has 1 aromatic carbocycles. The average Bonchev–Trinajstić information content (AvgIpc) is 4.02. The number of nitrogens with one attached hydrogen (secondary N) is 2. The molecule has 0 atom stereocenters. The van der Waals surface area contributed by atoms with E-state index in [1.165, 1.54) is 12.3 Å². The summed E-state index contributed by atoms with van der Waals surface area (Å²) < 4.78 is 20.0. The van der Waals surface area contributed by atoms with Gasteiger partial charge >= 0.3 is 0 Å². The number of benzene rings is 1. The van der Waals surface area contributed by atoms with Gasteiger partial charge in [0.05, 0.1) is 29.1 Å². The highest BCUT2D eigenvalue weighted by atomic mass is 16.5. The first kappa shape index (κ1) is 49.5. The Bertz CT molecular complexity index is 2970. The second kappa shape index (κ2) is 18.6. The molecule has 6 aromatic rings.